The van der Waals surface area contributed by atoms with Crippen molar-refractivity contribution < 1.29 is 4.39 Å². The summed E-state index contributed by atoms with van der Waals surface area (Å²) in [6.07, 6.45) is 3.84. The first kappa shape index (κ1) is 12.2. The van der Waals surface area contributed by atoms with E-state index in [1.807, 2.05) is 6.08 Å². The summed E-state index contributed by atoms with van der Waals surface area (Å²) < 4.78 is 13.9. The summed E-state index contributed by atoms with van der Waals surface area (Å²) in [6, 6.07) is 4.94. The van der Waals surface area contributed by atoms with Gasteiger partial charge in [0.25, 0.3) is 0 Å². The fraction of sp³-hybridized carbons (Fsp3) is 0.333. The zero-order chi connectivity index (χ0) is 11.3. The summed E-state index contributed by atoms with van der Waals surface area (Å²) >= 11 is 3.38. The van der Waals surface area contributed by atoms with Crippen LogP contribution in [0, 0.1) is 5.82 Å². The predicted octanol–water partition coefficient (Wildman–Crippen LogP) is 4.35. The molecule has 1 rings (SSSR count). The molecule has 1 atom stereocenters. The van der Waals surface area contributed by atoms with E-state index in [0.29, 0.717) is 6.04 Å². The summed E-state index contributed by atoms with van der Waals surface area (Å²) in [5, 5.41) is 3.25. The molecule has 15 heavy (non-hydrogen) atoms. The average Bonchev–Trinajstić information content (AvgIpc) is 2.20. The summed E-state index contributed by atoms with van der Waals surface area (Å²) in [5.74, 6) is -0.225. The second kappa shape index (κ2) is 5.91. The first-order chi connectivity index (χ1) is 7.13. The lowest BCUT2D eigenvalue weighted by Gasteiger charge is -2.15. The van der Waals surface area contributed by atoms with Crippen molar-refractivity contribution in [3.63, 3.8) is 0 Å². The van der Waals surface area contributed by atoms with Crippen molar-refractivity contribution in [2.45, 2.75) is 25.8 Å². The van der Waals surface area contributed by atoms with Crippen LogP contribution in [0.5, 0.6) is 0 Å². The van der Waals surface area contributed by atoms with Gasteiger partial charge in [0, 0.05) is 10.5 Å². The Kier molecular flexibility index (Phi) is 4.82. The zero-order valence-corrected chi connectivity index (χ0v) is 10.3. The molecule has 0 bridgehead atoms. The van der Waals surface area contributed by atoms with Gasteiger partial charge in [-0.3, -0.25) is 0 Å². The maximum absolute atomic E-state index is 13.0. The first-order valence-electron chi connectivity index (χ1n) is 4.96. The van der Waals surface area contributed by atoms with Gasteiger partial charge in [-0.2, -0.15) is 0 Å². The quantitative estimate of drug-likeness (QED) is 0.785. The molecular weight excluding hydrogens is 257 g/mol. The third-order valence-corrected chi connectivity index (χ3v) is 2.83. The Balaban J connectivity index is 2.62. The number of halogens is 2. The van der Waals surface area contributed by atoms with Gasteiger partial charge in [-0.1, -0.05) is 6.08 Å². The normalized spacial score (nSPS) is 12.2. The molecule has 0 aliphatic heterocycles. The van der Waals surface area contributed by atoms with E-state index in [9.17, 15) is 4.39 Å². The van der Waals surface area contributed by atoms with Crippen molar-refractivity contribution in [2.24, 2.45) is 0 Å². The van der Waals surface area contributed by atoms with Crippen LogP contribution >= 0.6 is 15.9 Å². The predicted molar refractivity (Wildman–Crippen MR) is 66.6 cm³/mol. The number of rotatable bonds is 5. The highest BCUT2D eigenvalue weighted by Gasteiger charge is 2.05. The zero-order valence-electron chi connectivity index (χ0n) is 8.76. The number of hydrogen-bond donors (Lipinski definition) is 1. The molecule has 1 unspecified atom stereocenters. The molecule has 1 N–H and O–H groups in total. The van der Waals surface area contributed by atoms with E-state index in [-0.39, 0.29) is 5.82 Å². The van der Waals surface area contributed by atoms with Gasteiger partial charge in [-0.05, 0) is 53.9 Å². The lowest BCUT2D eigenvalue weighted by atomic mass is 10.1. The van der Waals surface area contributed by atoms with Crippen LogP contribution in [0.15, 0.2) is 35.3 Å². The van der Waals surface area contributed by atoms with Crippen molar-refractivity contribution in [1.29, 1.82) is 0 Å². The first-order valence-corrected chi connectivity index (χ1v) is 5.75. The third kappa shape index (κ3) is 4.04. The number of anilines is 1. The smallest absolute Gasteiger partial charge is 0.125 e. The van der Waals surface area contributed by atoms with Crippen LogP contribution in [0.3, 0.4) is 0 Å². The molecule has 0 heterocycles. The summed E-state index contributed by atoms with van der Waals surface area (Å²) in [7, 11) is 0. The Morgan fingerprint density at radius 3 is 3.00 bits per heavy atom. The van der Waals surface area contributed by atoms with Crippen molar-refractivity contribution in [3.8, 4) is 0 Å². The molecule has 0 saturated carbocycles. The van der Waals surface area contributed by atoms with Gasteiger partial charge in [0.2, 0.25) is 0 Å². The molecule has 0 aliphatic carbocycles. The van der Waals surface area contributed by atoms with Gasteiger partial charge in [-0.25, -0.2) is 4.39 Å². The minimum absolute atomic E-state index is 0.225. The monoisotopic (exact) mass is 271 g/mol. The van der Waals surface area contributed by atoms with Gasteiger partial charge < -0.3 is 5.32 Å². The van der Waals surface area contributed by atoms with Gasteiger partial charge in [0.1, 0.15) is 5.82 Å². The molecular formula is C12H15BrFN. The maximum Gasteiger partial charge on any atom is 0.125 e. The topological polar surface area (TPSA) is 12.0 Å². The Morgan fingerprint density at radius 2 is 2.33 bits per heavy atom. The Bertz CT molecular complexity index is 338. The molecule has 0 aromatic heterocycles. The third-order valence-electron chi connectivity index (χ3n) is 2.13. The van der Waals surface area contributed by atoms with Crippen molar-refractivity contribution in [1.82, 2.24) is 0 Å². The van der Waals surface area contributed by atoms with Crippen LogP contribution in [0.25, 0.3) is 0 Å². The lowest BCUT2D eigenvalue weighted by Crippen LogP contribution is -2.14. The molecule has 0 aliphatic rings. The molecule has 1 aromatic carbocycles. The van der Waals surface area contributed by atoms with Crippen LogP contribution in [-0.4, -0.2) is 6.04 Å². The summed E-state index contributed by atoms with van der Waals surface area (Å²) in [4.78, 5) is 0. The van der Waals surface area contributed by atoms with Gasteiger partial charge in [0.15, 0.2) is 0 Å². The Labute approximate surface area is 98.5 Å². The molecule has 0 saturated heterocycles. The SMILES string of the molecule is C=CCCC(C)Nc1cc(F)ccc1Br. The van der Waals surface area contributed by atoms with E-state index in [1.54, 1.807) is 6.07 Å². The van der Waals surface area contributed by atoms with Gasteiger partial charge in [0.05, 0.1) is 5.69 Å². The minimum Gasteiger partial charge on any atom is -0.382 e. The van der Waals surface area contributed by atoms with Crippen LogP contribution < -0.4 is 5.32 Å². The highest BCUT2D eigenvalue weighted by Crippen LogP contribution is 2.24. The van der Waals surface area contributed by atoms with Crippen LogP contribution in [0.4, 0.5) is 10.1 Å². The molecule has 1 aromatic rings. The largest absolute Gasteiger partial charge is 0.382 e. The standard InChI is InChI=1S/C12H15BrFN/c1-3-4-5-9(2)15-12-8-10(14)6-7-11(12)13/h3,6-9,15H,1,4-5H2,2H3. The van der Waals surface area contributed by atoms with Gasteiger partial charge >= 0.3 is 0 Å². The molecule has 0 amide bonds. The highest BCUT2D eigenvalue weighted by atomic mass is 79.9. The molecule has 1 nitrogen and oxygen atoms in total. The van der Waals surface area contributed by atoms with Crippen LogP contribution in [0.1, 0.15) is 19.8 Å². The maximum atomic E-state index is 13.0. The van der Waals surface area contributed by atoms with Crippen LogP contribution in [-0.2, 0) is 0 Å². The van der Waals surface area contributed by atoms with E-state index in [2.05, 4.69) is 34.7 Å². The molecule has 82 valence electrons. The average molecular weight is 272 g/mol. The number of allylic oxidation sites excluding steroid dienone is 1. The van der Waals surface area contributed by atoms with E-state index >= 15 is 0 Å². The van der Waals surface area contributed by atoms with E-state index in [1.165, 1.54) is 12.1 Å². The van der Waals surface area contributed by atoms with E-state index < -0.39 is 0 Å². The summed E-state index contributed by atoms with van der Waals surface area (Å²) in [5.41, 5.74) is 0.798. The van der Waals surface area contributed by atoms with E-state index in [0.717, 1.165) is 23.0 Å². The van der Waals surface area contributed by atoms with Crippen LogP contribution in [0.2, 0.25) is 0 Å². The second-order valence-electron chi connectivity index (χ2n) is 3.54. The van der Waals surface area contributed by atoms with E-state index in [4.69, 9.17) is 0 Å². The lowest BCUT2D eigenvalue weighted by molar-refractivity contribution is 0.627. The molecule has 3 heteroatoms. The number of nitrogens with one attached hydrogen (secondary N) is 1. The molecule has 0 radical (unpaired) electrons. The molecule has 0 spiro atoms. The Morgan fingerprint density at radius 1 is 1.60 bits per heavy atom. The second-order valence-corrected chi connectivity index (χ2v) is 4.39. The van der Waals surface area contributed by atoms with Crippen molar-refractivity contribution in [2.75, 3.05) is 5.32 Å². The fourth-order valence-corrected chi connectivity index (χ4v) is 1.67. The highest BCUT2D eigenvalue weighted by molar-refractivity contribution is 9.10. The fourth-order valence-electron chi connectivity index (χ4n) is 1.31. The Hall–Kier alpha value is -0.830. The number of benzene rings is 1. The molecule has 0 fully saturated rings. The van der Waals surface area contributed by atoms with Crippen molar-refractivity contribution in [3.05, 3.63) is 41.1 Å². The summed E-state index contributed by atoms with van der Waals surface area (Å²) in [6.45, 7) is 5.74. The minimum atomic E-state index is -0.225. The number of hydrogen-bond acceptors (Lipinski definition) is 1. The van der Waals surface area contributed by atoms with Crippen molar-refractivity contribution >= 4 is 21.6 Å². The van der Waals surface area contributed by atoms with Gasteiger partial charge in [-0.15, -0.1) is 6.58 Å².